The predicted molar refractivity (Wildman–Crippen MR) is 173 cm³/mol. The molecule has 0 spiro atoms. The summed E-state index contributed by atoms with van der Waals surface area (Å²) in [7, 11) is 1.45. The molecule has 0 aromatic carbocycles. The smallest absolute Gasteiger partial charge is 0.187 e. The lowest BCUT2D eigenvalue weighted by molar-refractivity contribution is -0.317. The molecule has 0 aromatic heterocycles. The van der Waals surface area contributed by atoms with E-state index >= 15 is 0 Å². The van der Waals surface area contributed by atoms with E-state index in [4.69, 9.17) is 37.9 Å². The lowest BCUT2D eigenvalue weighted by Crippen LogP contribution is -2.60. The molecule has 2 saturated heterocycles. The number of rotatable bonds is 28. The maximum Gasteiger partial charge on any atom is 0.187 e. The Morgan fingerprint density at radius 2 is 0.878 bits per heavy atom. The van der Waals surface area contributed by atoms with Gasteiger partial charge in [0, 0.05) is 13.7 Å². The number of aliphatic hydroxyl groups is 8. The third-order valence-corrected chi connectivity index (χ3v) is 8.63. The Kier molecular flexibility index (Phi) is 23.8. The van der Waals surface area contributed by atoms with Gasteiger partial charge in [-0.15, -0.1) is 0 Å². The van der Waals surface area contributed by atoms with Gasteiger partial charge in [-0.2, -0.15) is 0 Å². The van der Waals surface area contributed by atoms with Crippen molar-refractivity contribution in [1.29, 1.82) is 0 Å². The monoisotopic (exact) mass is 716 g/mol. The van der Waals surface area contributed by atoms with Gasteiger partial charge in [-0.25, -0.2) is 0 Å². The van der Waals surface area contributed by atoms with Gasteiger partial charge < -0.3 is 78.7 Å². The second-order valence-electron chi connectivity index (χ2n) is 12.8. The van der Waals surface area contributed by atoms with Crippen LogP contribution in [0.2, 0.25) is 0 Å². The number of methoxy groups -OCH3 is 1. The summed E-state index contributed by atoms with van der Waals surface area (Å²) in [5.74, 6) is 0. The Hall–Kier alpha value is -0.640. The fourth-order valence-electron chi connectivity index (χ4n) is 5.63. The molecule has 2 aliphatic rings. The number of ether oxygens (including phenoxy) is 8. The average molecular weight is 717 g/mol. The predicted octanol–water partition coefficient (Wildman–Crippen LogP) is -1.03. The summed E-state index contributed by atoms with van der Waals surface area (Å²) in [4.78, 5) is 0. The lowest BCUT2D eigenvalue weighted by Gasteiger charge is -2.40. The highest BCUT2D eigenvalue weighted by Gasteiger charge is 2.46. The first-order chi connectivity index (χ1) is 23.7. The highest BCUT2D eigenvalue weighted by Crippen LogP contribution is 2.24. The van der Waals surface area contributed by atoms with Gasteiger partial charge in [0.1, 0.15) is 61.0 Å². The highest BCUT2D eigenvalue weighted by molar-refractivity contribution is 4.90. The van der Waals surface area contributed by atoms with Crippen LogP contribution in [0.4, 0.5) is 0 Å². The first kappa shape index (κ1) is 44.5. The Bertz CT molecular complexity index is 794. The van der Waals surface area contributed by atoms with E-state index in [9.17, 15) is 40.9 Å². The van der Waals surface area contributed by atoms with Gasteiger partial charge in [0.25, 0.3) is 0 Å². The van der Waals surface area contributed by atoms with E-state index < -0.39 is 86.8 Å². The average Bonchev–Trinajstić information content (AvgIpc) is 3.10. The van der Waals surface area contributed by atoms with Crippen LogP contribution in [-0.4, -0.2) is 181 Å². The molecule has 0 radical (unpaired) electrons. The Morgan fingerprint density at radius 1 is 0.490 bits per heavy atom. The van der Waals surface area contributed by atoms with Crippen LogP contribution in [0.1, 0.15) is 71.1 Å². The molecule has 292 valence electrons. The fourth-order valence-corrected chi connectivity index (χ4v) is 5.63. The minimum absolute atomic E-state index is 0.00101. The first-order valence-corrected chi connectivity index (χ1v) is 17.8. The molecule has 0 aliphatic carbocycles. The SMILES string of the molecule is CCCCCCCCCCCCOCC(COCCOCC(COC)O[C@@H]1OC(CO)[C@@H](O)[C@H](O)C1O)O[C@@H]1OC(CO)[C@@H](O)[C@H](O)C1O. The van der Waals surface area contributed by atoms with Crippen molar-refractivity contribution in [3.63, 3.8) is 0 Å². The molecule has 0 amide bonds. The van der Waals surface area contributed by atoms with Crippen LogP contribution in [0.15, 0.2) is 0 Å². The van der Waals surface area contributed by atoms with Crippen LogP contribution in [-0.2, 0) is 37.9 Å². The summed E-state index contributed by atoms with van der Waals surface area (Å²) >= 11 is 0. The van der Waals surface area contributed by atoms with Crippen molar-refractivity contribution in [1.82, 2.24) is 0 Å². The summed E-state index contributed by atoms with van der Waals surface area (Å²) in [6.45, 7) is 1.96. The third kappa shape index (κ3) is 16.3. The van der Waals surface area contributed by atoms with Gasteiger partial charge in [-0.05, 0) is 6.42 Å². The molecule has 6 unspecified atom stereocenters. The zero-order valence-corrected chi connectivity index (χ0v) is 29.2. The van der Waals surface area contributed by atoms with Crippen LogP contribution >= 0.6 is 0 Å². The molecular formula is C33H64O16. The van der Waals surface area contributed by atoms with Crippen molar-refractivity contribution in [2.75, 3.05) is 66.6 Å². The Morgan fingerprint density at radius 3 is 1.29 bits per heavy atom. The van der Waals surface area contributed by atoms with Crippen molar-refractivity contribution in [3.8, 4) is 0 Å². The van der Waals surface area contributed by atoms with Crippen molar-refractivity contribution < 1.29 is 78.7 Å². The molecule has 16 nitrogen and oxygen atoms in total. The van der Waals surface area contributed by atoms with Crippen LogP contribution in [0, 0.1) is 0 Å². The second-order valence-corrected chi connectivity index (χ2v) is 12.8. The summed E-state index contributed by atoms with van der Waals surface area (Å²) in [5, 5.41) is 79.9. The fraction of sp³-hybridized carbons (Fsp3) is 1.00. The van der Waals surface area contributed by atoms with Crippen molar-refractivity contribution >= 4 is 0 Å². The molecule has 49 heavy (non-hydrogen) atoms. The zero-order chi connectivity index (χ0) is 36.0. The van der Waals surface area contributed by atoms with Gasteiger partial charge >= 0.3 is 0 Å². The molecular weight excluding hydrogens is 652 g/mol. The zero-order valence-electron chi connectivity index (χ0n) is 29.2. The number of hydrogen-bond donors (Lipinski definition) is 8. The second kappa shape index (κ2) is 26.2. The Balaban J connectivity index is 1.77. The van der Waals surface area contributed by atoms with Crippen LogP contribution in [0.5, 0.6) is 0 Å². The first-order valence-electron chi connectivity index (χ1n) is 17.8. The summed E-state index contributed by atoms with van der Waals surface area (Å²) < 4.78 is 44.9. The van der Waals surface area contributed by atoms with Gasteiger partial charge in [0.2, 0.25) is 0 Å². The number of aliphatic hydroxyl groups excluding tert-OH is 8. The number of unbranched alkanes of at least 4 members (excludes halogenated alkanes) is 9. The standard InChI is InChI=1S/C33H64O16/c1-3-4-5-6-7-8-9-10-11-12-13-43-20-23(47-33-31(41)29(39)27(37)25(17-35)49-33)21-45-15-14-44-19-22(18-42-2)46-32-30(40)28(38)26(36)24(16-34)48-32/h22-41H,3-21H2,1-2H3/t22?,23?,24?,25?,26-,27-,28+,29+,30?,31?,32-,33-/m1/s1. The van der Waals surface area contributed by atoms with Gasteiger partial charge in [0.15, 0.2) is 12.6 Å². The molecule has 2 heterocycles. The van der Waals surface area contributed by atoms with E-state index in [0.717, 1.165) is 19.3 Å². The molecule has 0 bridgehead atoms. The molecule has 16 heteroatoms. The van der Waals surface area contributed by atoms with Crippen LogP contribution in [0.3, 0.4) is 0 Å². The van der Waals surface area contributed by atoms with E-state index in [0.29, 0.717) is 6.61 Å². The third-order valence-electron chi connectivity index (χ3n) is 8.63. The largest absolute Gasteiger partial charge is 0.394 e. The van der Waals surface area contributed by atoms with E-state index in [1.807, 2.05) is 0 Å². The quantitative estimate of drug-likeness (QED) is 0.0452. The maximum absolute atomic E-state index is 10.4. The topological polar surface area (TPSA) is 236 Å². The van der Waals surface area contributed by atoms with Gasteiger partial charge in [0.05, 0.1) is 52.9 Å². The lowest BCUT2D eigenvalue weighted by atomic mass is 9.99. The molecule has 0 aromatic rings. The minimum Gasteiger partial charge on any atom is -0.394 e. The van der Waals surface area contributed by atoms with E-state index in [1.165, 1.54) is 52.1 Å². The van der Waals surface area contributed by atoms with Gasteiger partial charge in [-0.1, -0.05) is 64.7 Å². The van der Waals surface area contributed by atoms with Crippen molar-refractivity contribution in [2.24, 2.45) is 0 Å². The molecule has 2 fully saturated rings. The van der Waals surface area contributed by atoms with E-state index in [-0.39, 0.29) is 39.6 Å². The normalized spacial score (nSPS) is 32.0. The van der Waals surface area contributed by atoms with E-state index in [1.54, 1.807) is 0 Å². The van der Waals surface area contributed by atoms with Crippen molar-refractivity contribution in [3.05, 3.63) is 0 Å². The van der Waals surface area contributed by atoms with E-state index in [2.05, 4.69) is 6.92 Å². The minimum atomic E-state index is -1.58. The molecule has 2 aliphatic heterocycles. The van der Waals surface area contributed by atoms with Crippen molar-refractivity contribution in [2.45, 2.75) is 145 Å². The molecule has 12 atom stereocenters. The number of hydrogen-bond acceptors (Lipinski definition) is 16. The molecule has 2 rings (SSSR count). The highest BCUT2D eigenvalue weighted by atomic mass is 16.7. The summed E-state index contributed by atoms with van der Waals surface area (Å²) in [5.41, 5.74) is 0. The van der Waals surface area contributed by atoms with Crippen LogP contribution < -0.4 is 0 Å². The Labute approximate surface area is 290 Å². The summed E-state index contributed by atoms with van der Waals surface area (Å²) in [6.07, 6.45) is -3.68. The molecule has 0 saturated carbocycles. The maximum atomic E-state index is 10.4. The van der Waals surface area contributed by atoms with Gasteiger partial charge in [-0.3, -0.25) is 0 Å². The molecule has 8 N–H and O–H groups in total. The van der Waals surface area contributed by atoms with Crippen LogP contribution in [0.25, 0.3) is 0 Å². The summed E-state index contributed by atoms with van der Waals surface area (Å²) in [6, 6.07) is 0.